The summed E-state index contributed by atoms with van der Waals surface area (Å²) >= 11 is 1.36. The summed E-state index contributed by atoms with van der Waals surface area (Å²) in [6.07, 6.45) is 0.0968. The van der Waals surface area contributed by atoms with Gasteiger partial charge in [-0.05, 0) is 12.5 Å². The fourth-order valence-electron chi connectivity index (χ4n) is 1.48. The lowest BCUT2D eigenvalue weighted by Crippen LogP contribution is -2.27. The second kappa shape index (κ2) is 7.84. The van der Waals surface area contributed by atoms with Crippen LogP contribution in [0.4, 0.5) is 0 Å². The molecule has 1 amide bonds. The number of aryl methyl sites for hydroxylation is 1. The van der Waals surface area contributed by atoms with E-state index < -0.39 is 5.97 Å². The van der Waals surface area contributed by atoms with E-state index in [1.54, 1.807) is 11.9 Å². The number of carboxylic acid groups (broad SMARTS) is 1. The highest BCUT2D eigenvalue weighted by Crippen LogP contribution is 2.08. The van der Waals surface area contributed by atoms with Crippen molar-refractivity contribution < 1.29 is 14.7 Å². The molecule has 19 heavy (non-hydrogen) atoms. The van der Waals surface area contributed by atoms with Gasteiger partial charge in [0.2, 0.25) is 5.91 Å². The van der Waals surface area contributed by atoms with E-state index in [1.807, 2.05) is 31.2 Å². The Labute approximate surface area is 117 Å². The average molecular weight is 281 g/mol. The number of thioether (sulfide) groups is 1. The van der Waals surface area contributed by atoms with Gasteiger partial charge in [0, 0.05) is 19.3 Å². The van der Waals surface area contributed by atoms with Crippen molar-refractivity contribution in [1.29, 1.82) is 0 Å². The van der Waals surface area contributed by atoms with Crippen LogP contribution in [-0.4, -0.2) is 40.4 Å². The molecule has 4 nitrogen and oxygen atoms in total. The molecule has 0 saturated heterocycles. The first-order valence-corrected chi connectivity index (χ1v) is 7.23. The second-order valence-corrected chi connectivity index (χ2v) is 5.54. The van der Waals surface area contributed by atoms with Gasteiger partial charge >= 0.3 is 5.97 Å². The van der Waals surface area contributed by atoms with E-state index in [-0.39, 0.29) is 12.3 Å². The maximum absolute atomic E-state index is 11.8. The largest absolute Gasteiger partial charge is 0.481 e. The van der Waals surface area contributed by atoms with Crippen LogP contribution in [0.3, 0.4) is 0 Å². The molecule has 0 heterocycles. The summed E-state index contributed by atoms with van der Waals surface area (Å²) in [5.74, 6) is -0.00124. The molecule has 0 atom stereocenters. The van der Waals surface area contributed by atoms with Gasteiger partial charge in [-0.25, -0.2) is 0 Å². The number of hydrogen-bond donors (Lipinski definition) is 1. The van der Waals surface area contributed by atoms with Crippen molar-refractivity contribution in [3.63, 3.8) is 0 Å². The SMILES string of the molecule is Cc1ccc(CN(C)C(=O)CSCCC(=O)O)cc1. The van der Waals surface area contributed by atoms with Gasteiger partial charge < -0.3 is 10.0 Å². The number of rotatable bonds is 7. The summed E-state index contributed by atoms with van der Waals surface area (Å²) in [7, 11) is 1.76. The molecular weight excluding hydrogens is 262 g/mol. The molecule has 0 aliphatic rings. The Balaban J connectivity index is 2.32. The lowest BCUT2D eigenvalue weighted by molar-refractivity contribution is -0.136. The van der Waals surface area contributed by atoms with Gasteiger partial charge in [0.05, 0.1) is 12.2 Å². The van der Waals surface area contributed by atoms with Gasteiger partial charge in [-0.3, -0.25) is 9.59 Å². The Hall–Kier alpha value is -1.49. The Bertz CT molecular complexity index is 431. The van der Waals surface area contributed by atoms with E-state index in [9.17, 15) is 9.59 Å². The highest BCUT2D eigenvalue weighted by Gasteiger charge is 2.09. The number of amides is 1. The zero-order valence-electron chi connectivity index (χ0n) is 11.3. The molecule has 0 fully saturated rings. The molecular formula is C14H19NO3S. The summed E-state index contributed by atoms with van der Waals surface area (Å²) in [4.78, 5) is 23.8. The smallest absolute Gasteiger partial charge is 0.304 e. The fourth-order valence-corrected chi connectivity index (χ4v) is 2.34. The highest BCUT2D eigenvalue weighted by atomic mass is 32.2. The van der Waals surface area contributed by atoms with Gasteiger partial charge in [0.15, 0.2) is 0 Å². The summed E-state index contributed by atoms with van der Waals surface area (Å²) in [5.41, 5.74) is 2.29. The van der Waals surface area contributed by atoms with E-state index >= 15 is 0 Å². The van der Waals surface area contributed by atoms with E-state index in [4.69, 9.17) is 5.11 Å². The van der Waals surface area contributed by atoms with Crippen molar-refractivity contribution in [2.75, 3.05) is 18.6 Å². The molecule has 1 rings (SSSR count). The summed E-state index contributed by atoms with van der Waals surface area (Å²) in [6, 6.07) is 8.07. The van der Waals surface area contributed by atoms with Crippen molar-refractivity contribution in [1.82, 2.24) is 4.90 Å². The zero-order valence-corrected chi connectivity index (χ0v) is 12.1. The molecule has 5 heteroatoms. The molecule has 0 aliphatic heterocycles. The predicted molar refractivity (Wildman–Crippen MR) is 77.2 cm³/mol. The third kappa shape index (κ3) is 6.29. The van der Waals surface area contributed by atoms with E-state index in [0.29, 0.717) is 18.1 Å². The fraction of sp³-hybridized carbons (Fsp3) is 0.429. The third-order valence-corrected chi connectivity index (χ3v) is 3.60. The van der Waals surface area contributed by atoms with Gasteiger partial charge in [-0.1, -0.05) is 29.8 Å². The molecule has 1 N–H and O–H groups in total. The van der Waals surface area contributed by atoms with Crippen LogP contribution in [0.2, 0.25) is 0 Å². The minimum atomic E-state index is -0.826. The van der Waals surface area contributed by atoms with Gasteiger partial charge in [-0.15, -0.1) is 0 Å². The number of benzene rings is 1. The zero-order chi connectivity index (χ0) is 14.3. The van der Waals surface area contributed by atoms with Crippen LogP contribution in [-0.2, 0) is 16.1 Å². The lowest BCUT2D eigenvalue weighted by Gasteiger charge is -2.17. The van der Waals surface area contributed by atoms with Crippen molar-refractivity contribution in [2.24, 2.45) is 0 Å². The number of carboxylic acids is 1. The van der Waals surface area contributed by atoms with E-state index in [0.717, 1.165) is 5.56 Å². The maximum Gasteiger partial charge on any atom is 0.304 e. The second-order valence-electron chi connectivity index (χ2n) is 4.43. The maximum atomic E-state index is 11.8. The van der Waals surface area contributed by atoms with E-state index in [2.05, 4.69) is 0 Å². The standard InChI is InChI=1S/C14H19NO3S/c1-11-3-5-12(6-4-11)9-15(2)13(16)10-19-8-7-14(17)18/h3-6H,7-10H2,1-2H3,(H,17,18). The van der Waals surface area contributed by atoms with Crippen molar-refractivity contribution >= 4 is 23.6 Å². The first-order chi connectivity index (χ1) is 8.99. The minimum absolute atomic E-state index is 0.0240. The van der Waals surface area contributed by atoms with Crippen LogP contribution in [0.5, 0.6) is 0 Å². The molecule has 0 aromatic heterocycles. The van der Waals surface area contributed by atoms with Gasteiger partial charge in [0.1, 0.15) is 0 Å². The van der Waals surface area contributed by atoms with Crippen LogP contribution in [0.25, 0.3) is 0 Å². The number of carbonyl (C=O) groups excluding carboxylic acids is 1. The molecule has 0 bridgehead atoms. The number of nitrogens with zero attached hydrogens (tertiary/aromatic N) is 1. The van der Waals surface area contributed by atoms with E-state index in [1.165, 1.54) is 17.3 Å². The highest BCUT2D eigenvalue weighted by molar-refractivity contribution is 7.99. The summed E-state index contributed by atoms with van der Waals surface area (Å²) < 4.78 is 0. The molecule has 0 aliphatic carbocycles. The van der Waals surface area contributed by atoms with Crippen molar-refractivity contribution in [2.45, 2.75) is 19.9 Å². The molecule has 0 spiro atoms. The molecule has 104 valence electrons. The van der Waals surface area contributed by atoms with Gasteiger partial charge in [-0.2, -0.15) is 11.8 Å². The monoisotopic (exact) mass is 281 g/mol. The van der Waals surface area contributed by atoms with Crippen LogP contribution >= 0.6 is 11.8 Å². The van der Waals surface area contributed by atoms with Crippen molar-refractivity contribution in [3.8, 4) is 0 Å². The molecule has 0 saturated carbocycles. The third-order valence-electron chi connectivity index (χ3n) is 2.65. The summed E-state index contributed by atoms with van der Waals surface area (Å²) in [6.45, 7) is 2.61. The normalized spacial score (nSPS) is 10.2. The molecule has 1 aromatic rings. The van der Waals surface area contributed by atoms with Crippen LogP contribution in [0, 0.1) is 6.92 Å². The summed E-state index contributed by atoms with van der Waals surface area (Å²) in [5, 5.41) is 8.50. The average Bonchev–Trinajstić information content (AvgIpc) is 2.36. The van der Waals surface area contributed by atoms with Crippen LogP contribution in [0.15, 0.2) is 24.3 Å². The molecule has 0 unspecified atom stereocenters. The topological polar surface area (TPSA) is 57.6 Å². The number of aliphatic carboxylic acids is 1. The Morgan fingerprint density at radius 2 is 1.89 bits per heavy atom. The van der Waals surface area contributed by atoms with Crippen LogP contribution < -0.4 is 0 Å². The number of hydrogen-bond acceptors (Lipinski definition) is 3. The number of carbonyl (C=O) groups is 2. The first kappa shape index (κ1) is 15.6. The van der Waals surface area contributed by atoms with Gasteiger partial charge in [0.25, 0.3) is 0 Å². The Morgan fingerprint density at radius 1 is 1.26 bits per heavy atom. The first-order valence-electron chi connectivity index (χ1n) is 6.08. The predicted octanol–water partition coefficient (Wildman–Crippen LogP) is 2.16. The van der Waals surface area contributed by atoms with Crippen molar-refractivity contribution in [3.05, 3.63) is 35.4 Å². The molecule has 1 aromatic carbocycles. The van der Waals surface area contributed by atoms with Crippen LogP contribution in [0.1, 0.15) is 17.5 Å². The Morgan fingerprint density at radius 3 is 2.47 bits per heavy atom. The quantitative estimate of drug-likeness (QED) is 0.778. The Kier molecular flexibility index (Phi) is 6.42. The molecule has 0 radical (unpaired) electrons. The minimum Gasteiger partial charge on any atom is -0.481 e. The lowest BCUT2D eigenvalue weighted by atomic mass is 10.1.